The van der Waals surface area contributed by atoms with E-state index in [-0.39, 0.29) is 30.1 Å². The normalized spacial score (nSPS) is 13.1. The summed E-state index contributed by atoms with van der Waals surface area (Å²) >= 11 is 12.2. The molecule has 0 atom stereocenters. The van der Waals surface area contributed by atoms with E-state index in [4.69, 9.17) is 27.7 Å². The Morgan fingerprint density at radius 2 is 1.87 bits per heavy atom. The summed E-state index contributed by atoms with van der Waals surface area (Å²) < 4.78 is 5.34. The van der Waals surface area contributed by atoms with Crippen molar-refractivity contribution in [2.75, 3.05) is 0 Å². The molecule has 1 fully saturated rings. The van der Waals surface area contributed by atoms with Gasteiger partial charge in [-0.2, -0.15) is 0 Å². The van der Waals surface area contributed by atoms with Gasteiger partial charge >= 0.3 is 0 Å². The first kappa shape index (κ1) is 21.4. The van der Waals surface area contributed by atoms with Gasteiger partial charge in [0, 0.05) is 23.7 Å². The van der Waals surface area contributed by atoms with Gasteiger partial charge in [0.05, 0.1) is 17.1 Å². The fourth-order valence-electron chi connectivity index (χ4n) is 3.21. The van der Waals surface area contributed by atoms with Gasteiger partial charge < -0.3 is 14.7 Å². The van der Waals surface area contributed by atoms with Gasteiger partial charge in [0.1, 0.15) is 0 Å². The highest BCUT2D eigenvalue weighted by atomic mass is 35.5. The van der Waals surface area contributed by atoms with Gasteiger partial charge in [-0.25, -0.2) is 0 Å². The SMILES string of the molecule is Cc1ccc(CNC(=O)c2cc(CN(C(=O)c3ccc(Cl)cc3Cl)C3CC3)on2)cc1. The Hall–Kier alpha value is -2.83. The number of amides is 2. The van der Waals surface area contributed by atoms with E-state index in [0.29, 0.717) is 27.9 Å². The summed E-state index contributed by atoms with van der Waals surface area (Å²) in [6.45, 7) is 2.61. The Labute approximate surface area is 190 Å². The summed E-state index contributed by atoms with van der Waals surface area (Å²) in [5, 5.41) is 7.47. The van der Waals surface area contributed by atoms with E-state index in [1.807, 2.05) is 31.2 Å². The van der Waals surface area contributed by atoms with Crippen molar-refractivity contribution in [2.24, 2.45) is 0 Å². The van der Waals surface area contributed by atoms with Crippen LogP contribution in [0.1, 0.15) is 50.6 Å². The predicted molar refractivity (Wildman–Crippen MR) is 118 cm³/mol. The Bertz CT molecular complexity index is 1110. The molecule has 31 heavy (non-hydrogen) atoms. The van der Waals surface area contributed by atoms with Gasteiger partial charge in [0.2, 0.25) is 0 Å². The Morgan fingerprint density at radius 3 is 2.55 bits per heavy atom. The van der Waals surface area contributed by atoms with Crippen molar-refractivity contribution in [2.45, 2.75) is 38.9 Å². The van der Waals surface area contributed by atoms with Crippen molar-refractivity contribution in [3.8, 4) is 0 Å². The molecule has 8 heteroatoms. The zero-order valence-corrected chi connectivity index (χ0v) is 18.4. The molecule has 4 rings (SSSR count). The third-order valence-electron chi connectivity index (χ3n) is 5.10. The average molecular weight is 458 g/mol. The van der Waals surface area contributed by atoms with Crippen LogP contribution in [-0.4, -0.2) is 27.9 Å². The average Bonchev–Trinajstić information content (AvgIpc) is 3.48. The lowest BCUT2D eigenvalue weighted by Gasteiger charge is -2.21. The van der Waals surface area contributed by atoms with Crippen LogP contribution in [0.2, 0.25) is 10.0 Å². The van der Waals surface area contributed by atoms with Gasteiger partial charge in [0.25, 0.3) is 11.8 Å². The molecule has 1 aliphatic carbocycles. The molecule has 0 radical (unpaired) electrons. The number of rotatable bonds is 7. The fraction of sp³-hybridized carbons (Fsp3) is 0.261. The number of nitrogens with one attached hydrogen (secondary N) is 1. The highest BCUT2D eigenvalue weighted by Gasteiger charge is 2.34. The molecule has 0 saturated heterocycles. The predicted octanol–water partition coefficient (Wildman–Crippen LogP) is 5.02. The fourth-order valence-corrected chi connectivity index (χ4v) is 3.70. The van der Waals surface area contributed by atoms with Crippen LogP contribution in [0.15, 0.2) is 53.1 Å². The van der Waals surface area contributed by atoms with E-state index < -0.39 is 0 Å². The van der Waals surface area contributed by atoms with E-state index >= 15 is 0 Å². The second-order valence-electron chi connectivity index (χ2n) is 7.64. The summed E-state index contributed by atoms with van der Waals surface area (Å²) in [5.74, 6) is -0.0996. The van der Waals surface area contributed by atoms with Crippen LogP contribution in [-0.2, 0) is 13.1 Å². The smallest absolute Gasteiger partial charge is 0.273 e. The van der Waals surface area contributed by atoms with Crippen molar-refractivity contribution in [3.05, 3.63) is 86.7 Å². The van der Waals surface area contributed by atoms with E-state index in [9.17, 15) is 9.59 Å². The molecule has 2 amide bonds. The Balaban J connectivity index is 1.42. The van der Waals surface area contributed by atoms with E-state index in [1.165, 1.54) is 0 Å². The van der Waals surface area contributed by atoms with Crippen LogP contribution < -0.4 is 5.32 Å². The maximum Gasteiger partial charge on any atom is 0.273 e. The lowest BCUT2D eigenvalue weighted by Crippen LogP contribution is -2.32. The summed E-state index contributed by atoms with van der Waals surface area (Å²) in [7, 11) is 0. The molecule has 2 aromatic carbocycles. The number of aromatic nitrogens is 1. The maximum atomic E-state index is 13.0. The topological polar surface area (TPSA) is 75.4 Å². The van der Waals surface area contributed by atoms with Crippen molar-refractivity contribution >= 4 is 35.0 Å². The van der Waals surface area contributed by atoms with Crippen molar-refractivity contribution in [1.82, 2.24) is 15.4 Å². The van der Waals surface area contributed by atoms with E-state index in [2.05, 4.69) is 10.5 Å². The zero-order chi connectivity index (χ0) is 22.0. The molecule has 0 unspecified atom stereocenters. The minimum atomic E-state index is -0.333. The van der Waals surface area contributed by atoms with Gasteiger partial charge in [-0.3, -0.25) is 9.59 Å². The largest absolute Gasteiger partial charge is 0.359 e. The number of carbonyl (C=O) groups excluding carboxylic acids is 2. The van der Waals surface area contributed by atoms with Crippen LogP contribution in [0.5, 0.6) is 0 Å². The van der Waals surface area contributed by atoms with Crippen LogP contribution in [0.3, 0.4) is 0 Å². The first-order chi connectivity index (χ1) is 14.9. The number of hydrogen-bond acceptors (Lipinski definition) is 4. The van der Waals surface area contributed by atoms with Gasteiger partial charge in [-0.15, -0.1) is 0 Å². The molecule has 1 saturated carbocycles. The molecule has 160 valence electrons. The Morgan fingerprint density at radius 1 is 1.13 bits per heavy atom. The molecule has 1 heterocycles. The Kier molecular flexibility index (Phi) is 6.30. The zero-order valence-electron chi connectivity index (χ0n) is 16.9. The van der Waals surface area contributed by atoms with Crippen molar-refractivity contribution in [1.29, 1.82) is 0 Å². The molecule has 1 aliphatic rings. The molecule has 0 spiro atoms. The summed E-state index contributed by atoms with van der Waals surface area (Å²) in [4.78, 5) is 27.2. The third-order valence-corrected chi connectivity index (χ3v) is 5.65. The van der Waals surface area contributed by atoms with Crippen LogP contribution >= 0.6 is 23.2 Å². The van der Waals surface area contributed by atoms with Crippen LogP contribution in [0.4, 0.5) is 0 Å². The first-order valence-electron chi connectivity index (χ1n) is 9.96. The highest BCUT2D eigenvalue weighted by molar-refractivity contribution is 6.36. The minimum absolute atomic E-state index is 0.114. The monoisotopic (exact) mass is 457 g/mol. The van der Waals surface area contributed by atoms with Crippen molar-refractivity contribution < 1.29 is 14.1 Å². The van der Waals surface area contributed by atoms with Crippen LogP contribution in [0, 0.1) is 6.92 Å². The lowest BCUT2D eigenvalue weighted by molar-refractivity contribution is 0.0713. The van der Waals surface area contributed by atoms with Crippen LogP contribution in [0.25, 0.3) is 0 Å². The number of carbonyl (C=O) groups is 2. The molecule has 1 aromatic heterocycles. The molecule has 1 N–H and O–H groups in total. The number of hydrogen-bond donors (Lipinski definition) is 1. The maximum absolute atomic E-state index is 13.0. The van der Waals surface area contributed by atoms with E-state index in [0.717, 1.165) is 24.0 Å². The lowest BCUT2D eigenvalue weighted by atomic mass is 10.1. The molecule has 3 aromatic rings. The van der Waals surface area contributed by atoms with Gasteiger partial charge in [-0.05, 0) is 43.5 Å². The summed E-state index contributed by atoms with van der Waals surface area (Å²) in [5.41, 5.74) is 2.71. The molecular weight excluding hydrogens is 437 g/mol. The summed E-state index contributed by atoms with van der Waals surface area (Å²) in [6.07, 6.45) is 1.82. The standard InChI is InChI=1S/C23H21Cl2N3O3/c1-14-2-4-15(5-3-14)12-26-22(29)21-11-18(31-27-21)13-28(17-7-8-17)23(30)19-9-6-16(24)10-20(19)25/h2-6,9-11,17H,7-8,12-13H2,1H3,(H,26,29). The van der Waals surface area contributed by atoms with Crippen molar-refractivity contribution in [3.63, 3.8) is 0 Å². The number of nitrogens with zero attached hydrogens (tertiary/aromatic N) is 2. The molecule has 0 aliphatic heterocycles. The highest BCUT2D eigenvalue weighted by Crippen LogP contribution is 2.32. The minimum Gasteiger partial charge on any atom is -0.359 e. The third kappa shape index (κ3) is 5.27. The van der Waals surface area contributed by atoms with Gasteiger partial charge in [-0.1, -0.05) is 58.2 Å². The number of halogens is 2. The summed E-state index contributed by atoms with van der Waals surface area (Å²) in [6, 6.07) is 14.4. The quantitative estimate of drug-likeness (QED) is 0.539. The number of benzene rings is 2. The number of aryl methyl sites for hydroxylation is 1. The second kappa shape index (κ2) is 9.12. The van der Waals surface area contributed by atoms with Gasteiger partial charge in [0.15, 0.2) is 11.5 Å². The molecular formula is C23H21Cl2N3O3. The van der Waals surface area contributed by atoms with E-state index in [1.54, 1.807) is 29.2 Å². The molecule has 6 nitrogen and oxygen atoms in total. The first-order valence-corrected chi connectivity index (χ1v) is 10.7. The molecule has 0 bridgehead atoms. The second-order valence-corrected chi connectivity index (χ2v) is 8.48.